The first-order chi connectivity index (χ1) is 7.61. The molecule has 1 heterocycles. The molecular formula is C11H18N2O2S. The van der Waals surface area contributed by atoms with Crippen molar-refractivity contribution >= 4 is 24.4 Å². The summed E-state index contributed by atoms with van der Waals surface area (Å²) >= 11 is 4.13. The van der Waals surface area contributed by atoms with Crippen molar-refractivity contribution in [2.45, 2.75) is 38.3 Å². The number of amides is 2. The van der Waals surface area contributed by atoms with Crippen molar-refractivity contribution in [3.8, 4) is 0 Å². The maximum Gasteiger partial charge on any atom is 0.246 e. The van der Waals surface area contributed by atoms with Crippen LogP contribution >= 0.6 is 12.6 Å². The van der Waals surface area contributed by atoms with Gasteiger partial charge in [-0.2, -0.15) is 12.6 Å². The lowest BCUT2D eigenvalue weighted by Gasteiger charge is -2.30. The van der Waals surface area contributed by atoms with E-state index in [0.29, 0.717) is 17.7 Å². The van der Waals surface area contributed by atoms with E-state index < -0.39 is 6.04 Å². The Morgan fingerprint density at radius 3 is 2.69 bits per heavy atom. The quantitative estimate of drug-likeness (QED) is 0.705. The lowest BCUT2D eigenvalue weighted by atomic mass is 10.1. The molecule has 0 radical (unpaired) electrons. The molecule has 3 atom stereocenters. The van der Waals surface area contributed by atoms with Crippen LogP contribution < -0.4 is 5.32 Å². The lowest BCUT2D eigenvalue weighted by molar-refractivity contribution is -0.136. The molecule has 16 heavy (non-hydrogen) atoms. The van der Waals surface area contributed by atoms with Crippen LogP contribution in [0.15, 0.2) is 0 Å². The molecule has 2 bridgehead atoms. The van der Waals surface area contributed by atoms with E-state index in [0.717, 1.165) is 19.4 Å². The fraction of sp³-hybridized carbons (Fsp3) is 0.818. The third kappa shape index (κ3) is 2.19. The summed E-state index contributed by atoms with van der Waals surface area (Å²) in [4.78, 5) is 25.1. The zero-order valence-corrected chi connectivity index (χ0v) is 10.4. The van der Waals surface area contributed by atoms with Crippen LogP contribution in [0.4, 0.5) is 0 Å². The van der Waals surface area contributed by atoms with E-state index in [-0.39, 0.29) is 11.8 Å². The topological polar surface area (TPSA) is 49.4 Å². The molecule has 0 spiro atoms. The maximum atomic E-state index is 12.2. The highest BCUT2D eigenvalue weighted by Gasteiger charge is 2.41. The third-order valence-electron chi connectivity index (χ3n) is 3.55. The number of fused-ring (bicyclic) bond motifs is 2. The SMILES string of the molecule is CC(=O)NC(CS)C(=O)N1CC2CCC1C2. The zero-order valence-electron chi connectivity index (χ0n) is 9.48. The molecule has 5 heteroatoms. The number of nitrogens with one attached hydrogen (secondary N) is 1. The largest absolute Gasteiger partial charge is 0.344 e. The van der Waals surface area contributed by atoms with E-state index >= 15 is 0 Å². The molecule has 2 amide bonds. The number of rotatable bonds is 3. The standard InChI is InChI=1S/C11H18N2O2S/c1-7(14)12-10(6-16)11(15)13-5-8-2-3-9(13)4-8/h8-10,16H,2-6H2,1H3,(H,12,14). The van der Waals surface area contributed by atoms with Crippen molar-refractivity contribution in [2.75, 3.05) is 12.3 Å². The molecule has 1 aliphatic heterocycles. The van der Waals surface area contributed by atoms with E-state index in [4.69, 9.17) is 0 Å². The molecule has 90 valence electrons. The number of hydrogen-bond acceptors (Lipinski definition) is 3. The Balaban J connectivity index is 1.97. The Bertz CT molecular complexity index is 308. The average Bonchev–Trinajstić information content (AvgIpc) is 2.86. The van der Waals surface area contributed by atoms with Gasteiger partial charge in [-0.05, 0) is 25.2 Å². The minimum absolute atomic E-state index is 0.0393. The van der Waals surface area contributed by atoms with Gasteiger partial charge in [0, 0.05) is 25.3 Å². The summed E-state index contributed by atoms with van der Waals surface area (Å²) in [5, 5.41) is 2.66. The van der Waals surface area contributed by atoms with Gasteiger partial charge in [-0.3, -0.25) is 9.59 Å². The van der Waals surface area contributed by atoms with E-state index in [9.17, 15) is 9.59 Å². The molecule has 1 N–H and O–H groups in total. The Hall–Kier alpha value is -0.710. The summed E-state index contributed by atoms with van der Waals surface area (Å²) in [6, 6.07) is -0.0474. The number of carbonyl (C=O) groups excluding carboxylic acids is 2. The van der Waals surface area contributed by atoms with Crippen LogP contribution in [-0.2, 0) is 9.59 Å². The second-order valence-electron chi connectivity index (χ2n) is 4.76. The van der Waals surface area contributed by atoms with E-state index in [2.05, 4.69) is 17.9 Å². The third-order valence-corrected chi connectivity index (χ3v) is 3.92. The predicted octanol–water partition coefficient (Wildman–Crippen LogP) is 0.432. The highest BCUT2D eigenvalue weighted by Crippen LogP contribution is 2.37. The molecule has 0 aromatic carbocycles. The van der Waals surface area contributed by atoms with Gasteiger partial charge in [0.25, 0.3) is 0 Å². The highest BCUT2D eigenvalue weighted by atomic mass is 32.1. The number of piperidine rings is 1. The van der Waals surface area contributed by atoms with Crippen molar-refractivity contribution in [1.29, 1.82) is 0 Å². The molecule has 1 saturated carbocycles. The van der Waals surface area contributed by atoms with Crippen molar-refractivity contribution in [3.05, 3.63) is 0 Å². The fourth-order valence-electron chi connectivity index (χ4n) is 2.83. The maximum absolute atomic E-state index is 12.2. The molecule has 2 fully saturated rings. The Kier molecular flexibility index (Phi) is 3.42. The summed E-state index contributed by atoms with van der Waals surface area (Å²) in [5.41, 5.74) is 0. The van der Waals surface area contributed by atoms with Crippen LogP contribution in [0.3, 0.4) is 0 Å². The average molecular weight is 242 g/mol. The summed E-state index contributed by atoms with van der Waals surface area (Å²) in [6.45, 7) is 2.30. The molecule has 4 nitrogen and oxygen atoms in total. The van der Waals surface area contributed by atoms with Gasteiger partial charge in [-0.25, -0.2) is 0 Å². The Labute approximate surface area is 101 Å². The summed E-state index contributed by atoms with van der Waals surface area (Å²) in [6.07, 6.45) is 3.51. The molecule has 0 aromatic rings. The Morgan fingerprint density at radius 1 is 1.50 bits per heavy atom. The minimum atomic E-state index is -0.458. The lowest BCUT2D eigenvalue weighted by Crippen LogP contribution is -2.51. The minimum Gasteiger partial charge on any atom is -0.344 e. The van der Waals surface area contributed by atoms with Crippen LogP contribution in [-0.4, -0.2) is 41.1 Å². The zero-order chi connectivity index (χ0) is 11.7. The number of thiol groups is 1. The summed E-state index contributed by atoms with van der Waals surface area (Å²) < 4.78 is 0. The second-order valence-corrected chi connectivity index (χ2v) is 5.12. The fourth-order valence-corrected chi connectivity index (χ4v) is 3.07. The summed E-state index contributed by atoms with van der Waals surface area (Å²) in [7, 11) is 0. The first-order valence-electron chi connectivity index (χ1n) is 5.80. The van der Waals surface area contributed by atoms with Crippen molar-refractivity contribution in [1.82, 2.24) is 10.2 Å². The second kappa shape index (κ2) is 4.65. The van der Waals surface area contributed by atoms with E-state index in [1.54, 1.807) is 0 Å². The van der Waals surface area contributed by atoms with Crippen molar-refractivity contribution < 1.29 is 9.59 Å². The molecule has 1 aliphatic carbocycles. The number of hydrogen-bond donors (Lipinski definition) is 2. The number of likely N-dealkylation sites (tertiary alicyclic amines) is 1. The van der Waals surface area contributed by atoms with Gasteiger partial charge in [0.05, 0.1) is 0 Å². The smallest absolute Gasteiger partial charge is 0.246 e. The highest BCUT2D eigenvalue weighted by molar-refractivity contribution is 7.80. The molecule has 3 unspecified atom stereocenters. The van der Waals surface area contributed by atoms with Gasteiger partial charge in [0.15, 0.2) is 0 Å². The monoisotopic (exact) mass is 242 g/mol. The molecule has 0 aromatic heterocycles. The molecule has 2 aliphatic rings. The Morgan fingerprint density at radius 2 is 2.25 bits per heavy atom. The van der Waals surface area contributed by atoms with Crippen molar-refractivity contribution in [2.24, 2.45) is 5.92 Å². The van der Waals surface area contributed by atoms with Gasteiger partial charge >= 0.3 is 0 Å². The predicted molar refractivity (Wildman–Crippen MR) is 64.3 cm³/mol. The van der Waals surface area contributed by atoms with Crippen LogP contribution in [0.1, 0.15) is 26.2 Å². The normalized spacial score (nSPS) is 29.2. The molecule has 2 rings (SSSR count). The van der Waals surface area contributed by atoms with Gasteiger partial charge in [-0.15, -0.1) is 0 Å². The molecular weight excluding hydrogens is 224 g/mol. The van der Waals surface area contributed by atoms with Crippen LogP contribution in [0.25, 0.3) is 0 Å². The van der Waals surface area contributed by atoms with Crippen LogP contribution in [0, 0.1) is 5.92 Å². The number of carbonyl (C=O) groups is 2. The van der Waals surface area contributed by atoms with Crippen LogP contribution in [0.2, 0.25) is 0 Å². The molecule has 1 saturated heterocycles. The van der Waals surface area contributed by atoms with Crippen LogP contribution in [0.5, 0.6) is 0 Å². The van der Waals surface area contributed by atoms with Gasteiger partial charge in [0.2, 0.25) is 11.8 Å². The first kappa shape index (κ1) is 11.8. The number of nitrogens with zero attached hydrogens (tertiary/aromatic N) is 1. The van der Waals surface area contributed by atoms with Crippen molar-refractivity contribution in [3.63, 3.8) is 0 Å². The van der Waals surface area contributed by atoms with E-state index in [1.165, 1.54) is 13.3 Å². The van der Waals surface area contributed by atoms with E-state index in [1.807, 2.05) is 4.90 Å². The van der Waals surface area contributed by atoms with Gasteiger partial charge in [0.1, 0.15) is 6.04 Å². The van der Waals surface area contributed by atoms with Gasteiger partial charge in [-0.1, -0.05) is 0 Å². The first-order valence-corrected chi connectivity index (χ1v) is 6.43. The summed E-state index contributed by atoms with van der Waals surface area (Å²) in [5.74, 6) is 0.924. The van der Waals surface area contributed by atoms with Gasteiger partial charge < -0.3 is 10.2 Å².